The summed E-state index contributed by atoms with van der Waals surface area (Å²) in [6, 6.07) is -0.897. The van der Waals surface area contributed by atoms with E-state index in [-0.39, 0.29) is 28.0 Å². The number of carbonyl (C=O) groups excluding carboxylic acids is 1. The van der Waals surface area contributed by atoms with Crippen molar-refractivity contribution in [3.63, 3.8) is 0 Å². The zero-order valence-electron chi connectivity index (χ0n) is 14.7. The van der Waals surface area contributed by atoms with E-state index in [0.29, 0.717) is 17.7 Å². The maximum atomic E-state index is 12.2. The molecule has 3 atom stereocenters. The van der Waals surface area contributed by atoms with Crippen molar-refractivity contribution in [1.29, 1.82) is 0 Å². The van der Waals surface area contributed by atoms with Crippen LogP contribution in [0, 0.1) is 0 Å². The Kier molecular flexibility index (Phi) is 5.49. The number of thioether (sulfide) groups is 2. The van der Waals surface area contributed by atoms with Gasteiger partial charge in [-0.25, -0.2) is 4.79 Å². The lowest BCUT2D eigenvalue weighted by molar-refractivity contribution is -0.147. The zero-order valence-corrected chi connectivity index (χ0v) is 16.3. The van der Waals surface area contributed by atoms with Crippen LogP contribution in [-0.2, 0) is 9.59 Å². The Balaban J connectivity index is 1.90. The number of amides is 1. The Morgan fingerprint density at radius 2 is 2.15 bits per heavy atom. The largest absolute Gasteiger partial charge is 0.488 e. The van der Waals surface area contributed by atoms with Gasteiger partial charge in [0.05, 0.1) is 0 Å². The molecule has 1 amide bonds. The van der Waals surface area contributed by atoms with Gasteiger partial charge in [0.25, 0.3) is 5.88 Å². The van der Waals surface area contributed by atoms with E-state index < -0.39 is 29.4 Å². The fourth-order valence-electron chi connectivity index (χ4n) is 2.89. The molecule has 2 aliphatic heterocycles. The average Bonchev–Trinajstić information content (AvgIpc) is 2.66. The third-order valence-corrected chi connectivity index (χ3v) is 6.93. The number of aliphatic carboxylic acids is 1. The molecule has 1 fully saturated rings. The van der Waals surface area contributed by atoms with Crippen LogP contribution in [-0.4, -0.2) is 64.7 Å². The Labute approximate surface area is 162 Å². The molecule has 1 aromatic rings. The molecule has 0 aromatic carbocycles. The van der Waals surface area contributed by atoms with Gasteiger partial charge in [0.15, 0.2) is 5.16 Å². The van der Waals surface area contributed by atoms with E-state index in [4.69, 9.17) is 5.73 Å². The van der Waals surface area contributed by atoms with Gasteiger partial charge < -0.3 is 15.9 Å². The number of β-lactam (4-membered cyclic amide) rings is 1. The van der Waals surface area contributed by atoms with Crippen LogP contribution >= 0.6 is 23.5 Å². The molecule has 3 rings (SSSR count). The number of fused-ring (bicyclic) bond motifs is 1. The number of aromatic nitrogens is 3. The minimum Gasteiger partial charge on any atom is -0.488 e. The highest BCUT2D eigenvalue weighted by molar-refractivity contribution is 8.01. The minimum absolute atomic E-state index is 0.0536. The summed E-state index contributed by atoms with van der Waals surface area (Å²) in [5, 5.41) is 26.4. The number of aromatic hydroxyl groups is 1. The Hall–Kier alpha value is -2.05. The highest BCUT2D eigenvalue weighted by atomic mass is 32.2. The van der Waals surface area contributed by atoms with Gasteiger partial charge in [-0.3, -0.25) is 19.1 Å². The highest BCUT2D eigenvalue weighted by Gasteiger charge is 2.51. The van der Waals surface area contributed by atoms with Crippen LogP contribution < -0.4 is 11.3 Å². The smallest absolute Gasteiger partial charge is 0.352 e. The molecule has 2 aliphatic rings. The third-order valence-electron chi connectivity index (χ3n) is 4.54. The minimum atomic E-state index is -1.19. The number of rotatable bonds is 6. The second kappa shape index (κ2) is 7.52. The van der Waals surface area contributed by atoms with Gasteiger partial charge in [-0.2, -0.15) is 0 Å². The second-order valence-electron chi connectivity index (χ2n) is 6.22. The average molecular weight is 413 g/mol. The molecular weight excluding hydrogens is 394 g/mol. The standard InChI is InChI=1S/C15H19N5O5S2/c1-3-6(2)19-12(23)10(21)17-18-15(19)27-5-7-4-26-13-8(16)11(22)20(13)9(7)14(24)25/h6,8,13H,3-5,16H2,1-2H3,(H,17,21)(H,24,25)/t6?,8?,13-/m1/s1. The monoisotopic (exact) mass is 413 g/mol. The van der Waals surface area contributed by atoms with E-state index in [1.807, 2.05) is 13.8 Å². The molecule has 146 valence electrons. The third kappa shape index (κ3) is 3.32. The zero-order chi connectivity index (χ0) is 19.9. The molecule has 1 saturated heterocycles. The summed E-state index contributed by atoms with van der Waals surface area (Å²) >= 11 is 2.56. The van der Waals surface area contributed by atoms with Crippen LogP contribution in [0.1, 0.15) is 26.3 Å². The molecule has 0 radical (unpaired) electrons. The molecule has 10 nitrogen and oxygen atoms in total. The van der Waals surface area contributed by atoms with E-state index >= 15 is 0 Å². The Morgan fingerprint density at radius 1 is 1.44 bits per heavy atom. The van der Waals surface area contributed by atoms with Crippen LogP contribution in [0.15, 0.2) is 21.2 Å². The molecular formula is C15H19N5O5S2. The van der Waals surface area contributed by atoms with Crippen molar-refractivity contribution in [3.05, 3.63) is 21.6 Å². The van der Waals surface area contributed by atoms with E-state index in [1.165, 1.54) is 21.2 Å². The molecule has 12 heteroatoms. The van der Waals surface area contributed by atoms with Gasteiger partial charge in [0.2, 0.25) is 5.91 Å². The quantitative estimate of drug-likeness (QED) is 0.429. The SMILES string of the molecule is CCC(C)n1c(SCC2=C(C(=O)O)N3C(=O)C(N)[C@H]3SC2)nnc(O)c1=O. The number of nitrogens with zero attached hydrogens (tertiary/aromatic N) is 4. The summed E-state index contributed by atoms with van der Waals surface area (Å²) in [5.74, 6) is -1.65. The second-order valence-corrected chi connectivity index (χ2v) is 8.27. The number of nitrogens with two attached hydrogens (primary N) is 1. The van der Waals surface area contributed by atoms with Crippen molar-refractivity contribution >= 4 is 35.4 Å². The maximum Gasteiger partial charge on any atom is 0.352 e. The summed E-state index contributed by atoms with van der Waals surface area (Å²) in [4.78, 5) is 37.1. The number of carbonyl (C=O) groups is 2. The molecule has 0 saturated carbocycles. The number of carboxylic acid groups (broad SMARTS) is 1. The molecule has 0 spiro atoms. The number of hydrogen-bond donors (Lipinski definition) is 3. The van der Waals surface area contributed by atoms with Crippen LogP contribution in [0.4, 0.5) is 0 Å². The lowest BCUT2D eigenvalue weighted by atomic mass is 10.0. The van der Waals surface area contributed by atoms with Gasteiger partial charge in [0, 0.05) is 17.5 Å². The van der Waals surface area contributed by atoms with E-state index in [2.05, 4.69) is 10.2 Å². The molecule has 0 bridgehead atoms. The van der Waals surface area contributed by atoms with Crippen molar-refractivity contribution in [2.75, 3.05) is 11.5 Å². The van der Waals surface area contributed by atoms with Crippen molar-refractivity contribution in [3.8, 4) is 5.88 Å². The van der Waals surface area contributed by atoms with Crippen LogP contribution in [0.5, 0.6) is 5.88 Å². The van der Waals surface area contributed by atoms with Crippen LogP contribution in [0.25, 0.3) is 0 Å². The first kappa shape index (κ1) is 19.7. The molecule has 0 aliphatic carbocycles. The summed E-state index contributed by atoms with van der Waals surface area (Å²) in [5.41, 5.74) is 5.59. The van der Waals surface area contributed by atoms with Gasteiger partial charge in [-0.05, 0) is 18.9 Å². The van der Waals surface area contributed by atoms with Gasteiger partial charge >= 0.3 is 11.5 Å². The Morgan fingerprint density at radius 3 is 2.78 bits per heavy atom. The first-order valence-electron chi connectivity index (χ1n) is 8.24. The molecule has 3 heterocycles. The first-order valence-corrected chi connectivity index (χ1v) is 10.3. The lowest BCUT2D eigenvalue weighted by Gasteiger charge is -2.48. The van der Waals surface area contributed by atoms with Crippen molar-refractivity contribution in [1.82, 2.24) is 19.7 Å². The summed E-state index contributed by atoms with van der Waals surface area (Å²) in [6.07, 6.45) is 0.638. The van der Waals surface area contributed by atoms with Crippen LogP contribution in [0.3, 0.4) is 0 Å². The molecule has 2 unspecified atom stereocenters. The Bertz CT molecular complexity index is 886. The molecule has 27 heavy (non-hydrogen) atoms. The fraction of sp³-hybridized carbons (Fsp3) is 0.533. The van der Waals surface area contributed by atoms with Crippen molar-refractivity contribution in [2.45, 2.75) is 42.9 Å². The van der Waals surface area contributed by atoms with E-state index in [9.17, 15) is 24.6 Å². The topological polar surface area (TPSA) is 152 Å². The first-order chi connectivity index (χ1) is 12.8. The van der Waals surface area contributed by atoms with E-state index in [1.54, 1.807) is 0 Å². The van der Waals surface area contributed by atoms with E-state index in [0.717, 1.165) is 11.8 Å². The summed E-state index contributed by atoms with van der Waals surface area (Å²) in [7, 11) is 0. The van der Waals surface area contributed by atoms with Crippen LogP contribution in [0.2, 0.25) is 0 Å². The van der Waals surface area contributed by atoms with Gasteiger partial charge in [0.1, 0.15) is 17.1 Å². The van der Waals surface area contributed by atoms with Crippen molar-refractivity contribution < 1.29 is 19.8 Å². The predicted octanol–water partition coefficient (Wildman–Crippen LogP) is -0.0119. The summed E-state index contributed by atoms with van der Waals surface area (Å²) in [6.45, 7) is 3.71. The lowest BCUT2D eigenvalue weighted by Crippen LogP contribution is -2.68. The number of hydrogen-bond acceptors (Lipinski definition) is 9. The van der Waals surface area contributed by atoms with Gasteiger partial charge in [-0.15, -0.1) is 22.0 Å². The van der Waals surface area contributed by atoms with Crippen molar-refractivity contribution in [2.24, 2.45) is 5.73 Å². The molecule has 4 N–H and O–H groups in total. The normalized spacial score (nSPS) is 23.1. The summed E-state index contributed by atoms with van der Waals surface area (Å²) < 4.78 is 1.34. The fourth-order valence-corrected chi connectivity index (χ4v) is 5.35. The van der Waals surface area contributed by atoms with Gasteiger partial charge in [-0.1, -0.05) is 18.7 Å². The molecule has 1 aromatic heterocycles. The number of carboxylic acids is 1. The highest BCUT2D eigenvalue weighted by Crippen LogP contribution is 2.40. The predicted molar refractivity (Wildman–Crippen MR) is 99.4 cm³/mol. The maximum absolute atomic E-state index is 12.2.